The molecule has 4 aromatic rings. The molecule has 122 valence electrons. The summed E-state index contributed by atoms with van der Waals surface area (Å²) in [7, 11) is 0. The van der Waals surface area contributed by atoms with Crippen LogP contribution in [0.25, 0.3) is 20.8 Å². The zero-order valence-corrected chi connectivity index (χ0v) is 14.5. The molecule has 4 rings (SSSR count). The minimum absolute atomic E-state index is 0.117. The van der Waals surface area contributed by atoms with Gasteiger partial charge in [-0.1, -0.05) is 36.4 Å². The molecule has 1 aromatic heterocycles. The molecule has 4 heteroatoms. The van der Waals surface area contributed by atoms with Crippen molar-refractivity contribution in [3.05, 3.63) is 83.9 Å². The van der Waals surface area contributed by atoms with Crippen LogP contribution < -0.4 is 5.32 Å². The molecule has 0 fully saturated rings. The fraction of sp³-hybridized carbons (Fsp3) is 0.0476. The van der Waals surface area contributed by atoms with Gasteiger partial charge in [0.25, 0.3) is 5.91 Å². The average Bonchev–Trinajstić information content (AvgIpc) is 3.06. The molecule has 0 radical (unpaired) electrons. The van der Waals surface area contributed by atoms with Crippen molar-refractivity contribution < 1.29 is 4.79 Å². The summed E-state index contributed by atoms with van der Waals surface area (Å²) in [4.78, 5) is 17.3. The van der Waals surface area contributed by atoms with Crippen LogP contribution >= 0.6 is 11.3 Å². The first-order valence-electron chi connectivity index (χ1n) is 8.04. The van der Waals surface area contributed by atoms with Gasteiger partial charge in [0.15, 0.2) is 0 Å². The van der Waals surface area contributed by atoms with Crippen molar-refractivity contribution in [3.8, 4) is 10.6 Å². The van der Waals surface area contributed by atoms with Crippen LogP contribution in [0.15, 0.2) is 72.8 Å². The number of hydrogen-bond donors (Lipinski definition) is 1. The monoisotopic (exact) mass is 344 g/mol. The Morgan fingerprint density at radius 3 is 2.52 bits per heavy atom. The summed E-state index contributed by atoms with van der Waals surface area (Å²) in [5.74, 6) is -0.117. The van der Waals surface area contributed by atoms with Gasteiger partial charge in [-0.3, -0.25) is 4.79 Å². The number of aryl methyl sites for hydroxylation is 1. The molecular weight excluding hydrogens is 328 g/mol. The molecule has 0 bridgehead atoms. The number of rotatable bonds is 3. The standard InChI is InChI=1S/C21H16N2OS/c1-14-11-12-16(21-23-17-9-5-6-10-19(17)25-21)18(13-14)22-20(24)15-7-3-2-4-8-15/h2-13H,1H3,(H,22,24). The van der Waals surface area contributed by atoms with Crippen molar-refractivity contribution in [2.45, 2.75) is 6.92 Å². The number of anilines is 1. The van der Waals surface area contributed by atoms with Crippen molar-refractivity contribution in [2.24, 2.45) is 0 Å². The maximum absolute atomic E-state index is 12.6. The van der Waals surface area contributed by atoms with E-state index in [0.29, 0.717) is 5.56 Å². The number of nitrogens with zero attached hydrogens (tertiary/aromatic N) is 1. The maximum Gasteiger partial charge on any atom is 0.255 e. The molecule has 0 saturated heterocycles. The number of aromatic nitrogens is 1. The number of carbonyl (C=O) groups is 1. The van der Waals surface area contributed by atoms with Crippen LogP contribution in [-0.4, -0.2) is 10.9 Å². The molecule has 3 nitrogen and oxygen atoms in total. The quantitative estimate of drug-likeness (QED) is 0.531. The maximum atomic E-state index is 12.6. The molecule has 0 aliphatic heterocycles. The molecule has 0 aliphatic rings. The molecular formula is C21H16N2OS. The normalized spacial score (nSPS) is 10.8. The number of benzene rings is 3. The highest BCUT2D eigenvalue weighted by Crippen LogP contribution is 2.35. The summed E-state index contributed by atoms with van der Waals surface area (Å²) in [6.45, 7) is 2.01. The van der Waals surface area contributed by atoms with Gasteiger partial charge in [0.05, 0.1) is 15.9 Å². The SMILES string of the molecule is Cc1ccc(-c2nc3ccccc3s2)c(NC(=O)c2ccccc2)c1. The van der Waals surface area contributed by atoms with E-state index in [2.05, 4.69) is 11.4 Å². The second-order valence-corrected chi connectivity index (χ2v) is 6.89. The van der Waals surface area contributed by atoms with Crippen LogP contribution in [0.4, 0.5) is 5.69 Å². The zero-order chi connectivity index (χ0) is 17.2. The number of para-hydroxylation sites is 1. The van der Waals surface area contributed by atoms with E-state index < -0.39 is 0 Å². The Morgan fingerprint density at radius 1 is 0.960 bits per heavy atom. The van der Waals surface area contributed by atoms with Gasteiger partial charge >= 0.3 is 0 Å². The summed E-state index contributed by atoms with van der Waals surface area (Å²) in [6.07, 6.45) is 0. The molecule has 0 spiro atoms. The third kappa shape index (κ3) is 3.16. The van der Waals surface area contributed by atoms with Crippen LogP contribution in [0.2, 0.25) is 0 Å². The van der Waals surface area contributed by atoms with Crippen molar-refractivity contribution in [1.82, 2.24) is 4.98 Å². The van der Waals surface area contributed by atoms with Crippen LogP contribution in [-0.2, 0) is 0 Å². The predicted octanol–water partition coefficient (Wildman–Crippen LogP) is 5.52. The molecule has 1 amide bonds. The van der Waals surface area contributed by atoms with E-state index in [1.807, 2.05) is 73.7 Å². The Balaban J connectivity index is 1.75. The van der Waals surface area contributed by atoms with Crippen LogP contribution in [0, 0.1) is 6.92 Å². The van der Waals surface area contributed by atoms with Gasteiger partial charge in [-0.2, -0.15) is 0 Å². The van der Waals surface area contributed by atoms with Crippen molar-refractivity contribution in [1.29, 1.82) is 0 Å². The smallest absolute Gasteiger partial charge is 0.255 e. The number of hydrogen-bond acceptors (Lipinski definition) is 3. The molecule has 3 aromatic carbocycles. The zero-order valence-electron chi connectivity index (χ0n) is 13.7. The first kappa shape index (κ1) is 15.5. The lowest BCUT2D eigenvalue weighted by molar-refractivity contribution is 0.102. The summed E-state index contributed by atoms with van der Waals surface area (Å²) >= 11 is 1.63. The van der Waals surface area contributed by atoms with Gasteiger partial charge in [0.2, 0.25) is 0 Å². The minimum atomic E-state index is -0.117. The number of amides is 1. The molecule has 0 unspecified atom stereocenters. The van der Waals surface area contributed by atoms with Crippen molar-refractivity contribution in [2.75, 3.05) is 5.32 Å². The van der Waals surface area contributed by atoms with Gasteiger partial charge in [-0.25, -0.2) is 4.98 Å². The molecule has 1 heterocycles. The first-order valence-corrected chi connectivity index (χ1v) is 8.85. The largest absolute Gasteiger partial charge is 0.321 e. The number of thiazole rings is 1. The second-order valence-electron chi connectivity index (χ2n) is 5.86. The van der Waals surface area contributed by atoms with E-state index in [1.54, 1.807) is 11.3 Å². The van der Waals surface area contributed by atoms with E-state index in [4.69, 9.17) is 4.98 Å². The Kier molecular flexibility index (Phi) is 4.04. The molecule has 0 aliphatic carbocycles. The lowest BCUT2D eigenvalue weighted by Gasteiger charge is -2.10. The summed E-state index contributed by atoms with van der Waals surface area (Å²) < 4.78 is 1.14. The Labute approximate surface area is 150 Å². The first-order chi connectivity index (χ1) is 12.2. The Bertz CT molecular complexity index is 1020. The summed E-state index contributed by atoms with van der Waals surface area (Å²) in [5, 5.41) is 3.95. The lowest BCUT2D eigenvalue weighted by Crippen LogP contribution is -2.12. The fourth-order valence-electron chi connectivity index (χ4n) is 2.72. The van der Waals surface area contributed by atoms with Gasteiger partial charge in [0, 0.05) is 11.1 Å². The molecule has 25 heavy (non-hydrogen) atoms. The van der Waals surface area contributed by atoms with E-state index in [9.17, 15) is 4.79 Å². The summed E-state index contributed by atoms with van der Waals surface area (Å²) in [5.41, 5.74) is 4.43. The number of carbonyl (C=O) groups excluding carboxylic acids is 1. The topological polar surface area (TPSA) is 42.0 Å². The van der Waals surface area contributed by atoms with Gasteiger partial charge in [-0.05, 0) is 48.9 Å². The lowest BCUT2D eigenvalue weighted by atomic mass is 10.1. The minimum Gasteiger partial charge on any atom is -0.321 e. The number of nitrogens with one attached hydrogen (secondary N) is 1. The predicted molar refractivity (Wildman–Crippen MR) is 104 cm³/mol. The average molecular weight is 344 g/mol. The number of fused-ring (bicyclic) bond motifs is 1. The van der Waals surface area contributed by atoms with Crippen molar-refractivity contribution in [3.63, 3.8) is 0 Å². The highest BCUT2D eigenvalue weighted by Gasteiger charge is 2.14. The van der Waals surface area contributed by atoms with Crippen LogP contribution in [0.3, 0.4) is 0 Å². The highest BCUT2D eigenvalue weighted by atomic mass is 32.1. The highest BCUT2D eigenvalue weighted by molar-refractivity contribution is 7.21. The van der Waals surface area contributed by atoms with E-state index >= 15 is 0 Å². The van der Waals surface area contributed by atoms with Gasteiger partial charge in [-0.15, -0.1) is 11.3 Å². The van der Waals surface area contributed by atoms with Crippen LogP contribution in [0.5, 0.6) is 0 Å². The van der Waals surface area contributed by atoms with E-state index in [0.717, 1.165) is 32.0 Å². The Hall–Kier alpha value is -2.98. The third-order valence-corrected chi connectivity index (χ3v) is 5.05. The van der Waals surface area contributed by atoms with E-state index in [-0.39, 0.29) is 5.91 Å². The van der Waals surface area contributed by atoms with Crippen LogP contribution in [0.1, 0.15) is 15.9 Å². The Morgan fingerprint density at radius 2 is 1.72 bits per heavy atom. The van der Waals surface area contributed by atoms with Gasteiger partial charge < -0.3 is 5.32 Å². The molecule has 1 N–H and O–H groups in total. The van der Waals surface area contributed by atoms with E-state index in [1.165, 1.54) is 0 Å². The third-order valence-electron chi connectivity index (χ3n) is 3.98. The molecule has 0 saturated carbocycles. The fourth-order valence-corrected chi connectivity index (χ4v) is 3.72. The summed E-state index contributed by atoms with van der Waals surface area (Å²) in [6, 6.07) is 23.4. The van der Waals surface area contributed by atoms with Gasteiger partial charge in [0.1, 0.15) is 5.01 Å². The second kappa shape index (κ2) is 6.49. The molecule has 0 atom stereocenters. The van der Waals surface area contributed by atoms with Crippen molar-refractivity contribution >= 4 is 33.1 Å².